The van der Waals surface area contributed by atoms with Crippen LogP contribution >= 0.6 is 0 Å². The zero-order valence-electron chi connectivity index (χ0n) is 11.3. The van der Waals surface area contributed by atoms with E-state index in [0.29, 0.717) is 5.92 Å². The van der Waals surface area contributed by atoms with E-state index < -0.39 is 0 Å². The number of nitrogens with one attached hydrogen (secondary N) is 1. The van der Waals surface area contributed by atoms with Crippen molar-refractivity contribution in [3.63, 3.8) is 0 Å². The highest BCUT2D eigenvalue weighted by atomic mass is 16.5. The summed E-state index contributed by atoms with van der Waals surface area (Å²) < 4.78 is 5.29. The average Bonchev–Trinajstić information content (AvgIpc) is 2.30. The lowest BCUT2D eigenvalue weighted by atomic mass is 9.69. The minimum Gasteiger partial charge on any atom is -0.380 e. The fourth-order valence-electron chi connectivity index (χ4n) is 2.77. The van der Waals surface area contributed by atoms with Gasteiger partial charge in [-0.3, -0.25) is 0 Å². The predicted molar refractivity (Wildman–Crippen MR) is 68.4 cm³/mol. The Morgan fingerprint density at radius 1 is 1.44 bits per heavy atom. The van der Waals surface area contributed by atoms with Crippen molar-refractivity contribution in [2.75, 3.05) is 20.2 Å². The molecule has 0 aromatic carbocycles. The summed E-state index contributed by atoms with van der Waals surface area (Å²) in [6.07, 6.45) is 4.07. The highest BCUT2D eigenvalue weighted by Gasteiger charge is 2.39. The first-order valence-corrected chi connectivity index (χ1v) is 6.52. The normalized spacial score (nSPS) is 37.3. The van der Waals surface area contributed by atoms with Gasteiger partial charge in [0.25, 0.3) is 0 Å². The van der Waals surface area contributed by atoms with Crippen molar-refractivity contribution in [3.8, 4) is 0 Å². The highest BCUT2D eigenvalue weighted by Crippen LogP contribution is 2.36. The molecule has 0 aliphatic heterocycles. The van der Waals surface area contributed by atoms with E-state index in [1.165, 1.54) is 19.3 Å². The summed E-state index contributed by atoms with van der Waals surface area (Å²) in [5.74, 6) is 1.45. The molecule has 4 unspecified atom stereocenters. The third-order valence-electron chi connectivity index (χ3n) is 4.26. The Hall–Kier alpha value is -0.120. The van der Waals surface area contributed by atoms with E-state index in [4.69, 9.17) is 10.5 Å². The summed E-state index contributed by atoms with van der Waals surface area (Å²) >= 11 is 0. The van der Waals surface area contributed by atoms with Gasteiger partial charge in [-0.1, -0.05) is 20.3 Å². The van der Waals surface area contributed by atoms with Crippen molar-refractivity contribution in [2.45, 2.75) is 51.7 Å². The van der Waals surface area contributed by atoms with Gasteiger partial charge in [0.2, 0.25) is 0 Å². The molecule has 0 bridgehead atoms. The van der Waals surface area contributed by atoms with Crippen molar-refractivity contribution < 1.29 is 4.74 Å². The van der Waals surface area contributed by atoms with Crippen molar-refractivity contribution in [1.29, 1.82) is 0 Å². The van der Waals surface area contributed by atoms with Crippen LogP contribution in [0.2, 0.25) is 0 Å². The first-order chi connectivity index (χ1) is 7.54. The SMILES string of the molecule is COC(C)CNC1(CN)CC(C)CCC1C. The highest BCUT2D eigenvalue weighted by molar-refractivity contribution is 4.98. The molecule has 1 fully saturated rings. The molecule has 0 aromatic heterocycles. The van der Waals surface area contributed by atoms with Gasteiger partial charge >= 0.3 is 0 Å². The van der Waals surface area contributed by atoms with E-state index in [9.17, 15) is 0 Å². The summed E-state index contributed by atoms with van der Waals surface area (Å²) in [4.78, 5) is 0. The van der Waals surface area contributed by atoms with Crippen LogP contribution in [0, 0.1) is 11.8 Å². The summed E-state index contributed by atoms with van der Waals surface area (Å²) in [6, 6.07) is 0. The first-order valence-electron chi connectivity index (χ1n) is 6.52. The van der Waals surface area contributed by atoms with Crippen molar-refractivity contribution in [2.24, 2.45) is 17.6 Å². The fraction of sp³-hybridized carbons (Fsp3) is 1.00. The molecule has 3 N–H and O–H groups in total. The lowest BCUT2D eigenvalue weighted by Crippen LogP contribution is -2.59. The fourth-order valence-corrected chi connectivity index (χ4v) is 2.77. The molecule has 1 saturated carbocycles. The second kappa shape index (κ2) is 5.99. The Bertz CT molecular complexity index is 210. The molecule has 3 heteroatoms. The molecule has 16 heavy (non-hydrogen) atoms. The minimum atomic E-state index is 0.129. The zero-order chi connectivity index (χ0) is 12.2. The van der Waals surface area contributed by atoms with Crippen LogP contribution in [-0.4, -0.2) is 31.8 Å². The quantitative estimate of drug-likeness (QED) is 0.754. The van der Waals surface area contributed by atoms with Crippen molar-refractivity contribution >= 4 is 0 Å². The van der Waals surface area contributed by atoms with Crippen molar-refractivity contribution in [1.82, 2.24) is 5.32 Å². The number of methoxy groups -OCH3 is 1. The molecular formula is C13H28N2O. The zero-order valence-corrected chi connectivity index (χ0v) is 11.3. The number of nitrogens with two attached hydrogens (primary N) is 1. The van der Waals surface area contributed by atoms with E-state index in [1.807, 2.05) is 0 Å². The number of rotatable bonds is 5. The van der Waals surface area contributed by atoms with Crippen LogP contribution in [0.25, 0.3) is 0 Å². The molecule has 0 radical (unpaired) electrons. The van der Waals surface area contributed by atoms with Gasteiger partial charge in [0.1, 0.15) is 0 Å². The van der Waals surface area contributed by atoms with Crippen LogP contribution < -0.4 is 11.1 Å². The van der Waals surface area contributed by atoms with E-state index in [-0.39, 0.29) is 11.6 Å². The third kappa shape index (κ3) is 3.19. The van der Waals surface area contributed by atoms with E-state index in [0.717, 1.165) is 19.0 Å². The number of ether oxygens (including phenoxy) is 1. The maximum absolute atomic E-state index is 6.02. The molecule has 1 aliphatic rings. The van der Waals surface area contributed by atoms with Gasteiger partial charge in [-0.2, -0.15) is 0 Å². The van der Waals surface area contributed by atoms with Gasteiger partial charge in [0.05, 0.1) is 6.10 Å². The molecule has 3 nitrogen and oxygen atoms in total. The maximum Gasteiger partial charge on any atom is 0.0667 e. The Balaban J connectivity index is 2.59. The Morgan fingerprint density at radius 2 is 2.12 bits per heavy atom. The standard InChI is InChI=1S/C13H28N2O/c1-10-5-6-11(2)13(7-10,9-14)15-8-12(3)16-4/h10-12,15H,5-9,14H2,1-4H3. The molecule has 96 valence electrons. The Labute approximate surface area is 100 Å². The van der Waals surface area contributed by atoms with Crippen LogP contribution in [0.5, 0.6) is 0 Å². The number of hydrogen-bond donors (Lipinski definition) is 2. The van der Waals surface area contributed by atoms with Crippen LogP contribution in [0.1, 0.15) is 40.0 Å². The van der Waals surface area contributed by atoms with Crippen molar-refractivity contribution in [3.05, 3.63) is 0 Å². The third-order valence-corrected chi connectivity index (χ3v) is 4.26. The molecule has 0 spiro atoms. The Kier molecular flexibility index (Phi) is 5.22. The summed E-state index contributed by atoms with van der Waals surface area (Å²) in [6.45, 7) is 8.37. The van der Waals surface area contributed by atoms with Gasteiger partial charge in [0, 0.05) is 25.7 Å². The molecule has 1 aliphatic carbocycles. The predicted octanol–water partition coefficient (Wildman–Crippen LogP) is 1.76. The lowest BCUT2D eigenvalue weighted by Gasteiger charge is -2.45. The van der Waals surface area contributed by atoms with E-state index in [1.54, 1.807) is 7.11 Å². The van der Waals surface area contributed by atoms with Gasteiger partial charge in [-0.05, 0) is 31.6 Å². The van der Waals surface area contributed by atoms with Crippen LogP contribution in [0.4, 0.5) is 0 Å². The largest absolute Gasteiger partial charge is 0.380 e. The summed E-state index contributed by atoms with van der Waals surface area (Å²) in [5.41, 5.74) is 6.14. The average molecular weight is 228 g/mol. The van der Waals surface area contributed by atoms with Gasteiger partial charge in [0.15, 0.2) is 0 Å². The monoisotopic (exact) mass is 228 g/mol. The van der Waals surface area contributed by atoms with Crippen LogP contribution in [-0.2, 0) is 4.74 Å². The summed E-state index contributed by atoms with van der Waals surface area (Å²) in [7, 11) is 1.76. The topological polar surface area (TPSA) is 47.3 Å². The first kappa shape index (κ1) is 13.9. The Morgan fingerprint density at radius 3 is 2.69 bits per heavy atom. The second-order valence-corrected chi connectivity index (χ2v) is 5.58. The smallest absolute Gasteiger partial charge is 0.0667 e. The van der Waals surface area contributed by atoms with Gasteiger partial charge < -0.3 is 15.8 Å². The van der Waals surface area contributed by atoms with Gasteiger partial charge in [-0.25, -0.2) is 0 Å². The summed E-state index contributed by atoms with van der Waals surface area (Å²) in [5, 5.41) is 3.67. The van der Waals surface area contributed by atoms with Crippen LogP contribution in [0.3, 0.4) is 0 Å². The molecule has 4 atom stereocenters. The molecule has 0 aromatic rings. The van der Waals surface area contributed by atoms with Gasteiger partial charge in [-0.15, -0.1) is 0 Å². The number of hydrogen-bond acceptors (Lipinski definition) is 3. The minimum absolute atomic E-state index is 0.129. The second-order valence-electron chi connectivity index (χ2n) is 5.58. The van der Waals surface area contributed by atoms with E-state index in [2.05, 4.69) is 26.1 Å². The molecule has 0 heterocycles. The maximum atomic E-state index is 6.02. The molecule has 0 saturated heterocycles. The molecule has 0 amide bonds. The van der Waals surface area contributed by atoms with Crippen LogP contribution in [0.15, 0.2) is 0 Å². The lowest BCUT2D eigenvalue weighted by molar-refractivity contribution is 0.0770. The molecular weight excluding hydrogens is 200 g/mol. The van der Waals surface area contributed by atoms with E-state index >= 15 is 0 Å². The molecule has 1 rings (SSSR count).